The minimum Gasteiger partial charge on any atom is -0.478 e. The first-order valence-electron chi connectivity index (χ1n) is 7.81. The summed E-state index contributed by atoms with van der Waals surface area (Å²) in [6.07, 6.45) is -5.78. The van der Waals surface area contributed by atoms with Crippen molar-refractivity contribution in [3.8, 4) is 5.75 Å². The molecule has 2 aliphatic heterocycles. The molecule has 0 spiro atoms. The van der Waals surface area contributed by atoms with Gasteiger partial charge in [0.1, 0.15) is 5.75 Å². The lowest BCUT2D eigenvalue weighted by molar-refractivity contribution is -0.187. The molecule has 1 fully saturated rings. The summed E-state index contributed by atoms with van der Waals surface area (Å²) in [5.74, 6) is -2.01. The first-order valence-corrected chi connectivity index (χ1v) is 9.70. The minimum atomic E-state index is -4.89. The average molecular weight is 409 g/mol. The summed E-state index contributed by atoms with van der Waals surface area (Å²) >= 11 is 0. The van der Waals surface area contributed by atoms with Crippen LogP contribution in [0.2, 0.25) is 0 Å². The van der Waals surface area contributed by atoms with Crippen LogP contribution in [0.3, 0.4) is 0 Å². The van der Waals surface area contributed by atoms with E-state index in [1.54, 1.807) is 0 Å². The van der Waals surface area contributed by atoms with Crippen LogP contribution >= 0.6 is 0 Å². The summed E-state index contributed by atoms with van der Waals surface area (Å²) in [6, 6.07) is 3.24. The van der Waals surface area contributed by atoms with Crippen LogP contribution in [0.4, 0.5) is 13.2 Å². The van der Waals surface area contributed by atoms with Gasteiger partial charge >= 0.3 is 12.1 Å². The number of carbonyl (C=O) groups is 1. The van der Waals surface area contributed by atoms with Crippen molar-refractivity contribution >= 4 is 21.9 Å². The third kappa shape index (κ3) is 5.68. The maximum atomic E-state index is 12.8. The molecule has 1 saturated heterocycles. The normalized spacial score (nSPS) is 19.7. The Labute approximate surface area is 153 Å². The summed E-state index contributed by atoms with van der Waals surface area (Å²) in [6.45, 7) is 3.83. The third-order valence-corrected chi connectivity index (χ3v) is 4.75. The summed E-state index contributed by atoms with van der Waals surface area (Å²) in [5.41, 5.74) is -1.03. The Morgan fingerprint density at radius 3 is 2.30 bits per heavy atom. The Hall–Kier alpha value is -2.11. The molecule has 0 amide bonds. The van der Waals surface area contributed by atoms with Crippen LogP contribution in [-0.4, -0.2) is 64.3 Å². The van der Waals surface area contributed by atoms with Gasteiger partial charge in [-0.05, 0) is 24.3 Å². The van der Waals surface area contributed by atoms with Gasteiger partial charge in [-0.2, -0.15) is 13.2 Å². The van der Waals surface area contributed by atoms with Gasteiger partial charge in [-0.15, -0.1) is 0 Å². The number of morpholine rings is 1. The second-order valence-corrected chi connectivity index (χ2v) is 7.79. The predicted octanol–water partition coefficient (Wildman–Crippen LogP) is 1.49. The molecule has 150 valence electrons. The van der Waals surface area contributed by atoms with Crippen molar-refractivity contribution in [1.29, 1.82) is 0 Å². The molecule has 11 heteroatoms. The van der Waals surface area contributed by atoms with Crippen molar-refractivity contribution in [2.75, 3.05) is 32.6 Å². The van der Waals surface area contributed by atoms with Gasteiger partial charge in [0.25, 0.3) is 0 Å². The lowest BCUT2D eigenvalue weighted by Gasteiger charge is -2.27. The summed E-state index contributed by atoms with van der Waals surface area (Å²) in [7, 11) is -3.57. The first kappa shape index (κ1) is 21.2. The van der Waals surface area contributed by atoms with E-state index in [9.17, 15) is 26.4 Å². The predicted molar refractivity (Wildman–Crippen MR) is 89.3 cm³/mol. The van der Waals surface area contributed by atoms with Crippen LogP contribution in [0, 0.1) is 0 Å². The molecule has 1 aromatic rings. The zero-order valence-corrected chi connectivity index (χ0v) is 15.1. The molecule has 0 aromatic heterocycles. The van der Waals surface area contributed by atoms with Crippen LogP contribution in [0.1, 0.15) is 5.56 Å². The Morgan fingerprint density at radius 2 is 1.89 bits per heavy atom. The molecule has 2 heterocycles. The molecule has 1 unspecified atom stereocenters. The lowest BCUT2D eigenvalue weighted by atomic mass is 10.0. The van der Waals surface area contributed by atoms with Gasteiger partial charge in [-0.3, -0.25) is 0 Å². The molecule has 27 heavy (non-hydrogen) atoms. The summed E-state index contributed by atoms with van der Waals surface area (Å²) < 4.78 is 70.8. The Kier molecular flexibility index (Phi) is 6.50. The SMILES string of the molecule is C1COCCN1.CS(=O)(=O)c1ccc2c(c1)C=C(C(=O)O)C(C(F)(F)F)O2. The standard InChI is InChI=1S/C12H9F3O5S.C4H9NO/c1-21(18,19)7-2-3-9-6(4-7)5-8(11(16)17)10(20-9)12(13,14)15;1-3-6-4-2-5-1/h2-5,10H,1H3,(H,16,17);5H,1-4H2. The number of hydrogen-bond acceptors (Lipinski definition) is 6. The fourth-order valence-electron chi connectivity index (χ4n) is 2.34. The summed E-state index contributed by atoms with van der Waals surface area (Å²) in [4.78, 5) is 10.8. The van der Waals surface area contributed by atoms with Crippen LogP contribution < -0.4 is 10.1 Å². The fourth-order valence-corrected chi connectivity index (χ4v) is 3.00. The van der Waals surface area contributed by atoms with E-state index >= 15 is 0 Å². The monoisotopic (exact) mass is 409 g/mol. The van der Waals surface area contributed by atoms with Gasteiger partial charge in [0, 0.05) is 24.9 Å². The Balaban J connectivity index is 0.000000369. The second kappa shape index (κ2) is 8.28. The minimum absolute atomic E-state index is 0.0316. The van der Waals surface area contributed by atoms with Crippen LogP contribution in [-0.2, 0) is 19.4 Å². The molecule has 0 bridgehead atoms. The molecule has 0 radical (unpaired) electrons. The van der Waals surface area contributed by atoms with E-state index in [-0.39, 0.29) is 16.2 Å². The average Bonchev–Trinajstić information content (AvgIpc) is 2.60. The van der Waals surface area contributed by atoms with E-state index < -0.39 is 33.7 Å². The van der Waals surface area contributed by atoms with E-state index in [1.165, 1.54) is 0 Å². The summed E-state index contributed by atoms with van der Waals surface area (Å²) in [5, 5.41) is 12.0. The molecule has 3 rings (SSSR count). The van der Waals surface area contributed by atoms with E-state index in [4.69, 9.17) is 9.84 Å². The van der Waals surface area contributed by atoms with Gasteiger partial charge in [0.2, 0.25) is 6.10 Å². The zero-order valence-electron chi connectivity index (χ0n) is 14.2. The zero-order chi connectivity index (χ0) is 20.2. The van der Waals surface area contributed by atoms with Crippen molar-refractivity contribution in [1.82, 2.24) is 5.32 Å². The highest BCUT2D eigenvalue weighted by molar-refractivity contribution is 7.90. The number of sulfone groups is 1. The van der Waals surface area contributed by atoms with Crippen LogP contribution in [0.5, 0.6) is 5.75 Å². The number of rotatable bonds is 2. The van der Waals surface area contributed by atoms with Crippen molar-refractivity contribution in [2.24, 2.45) is 0 Å². The van der Waals surface area contributed by atoms with Gasteiger partial charge in [0.05, 0.1) is 23.7 Å². The number of nitrogens with one attached hydrogen (secondary N) is 1. The number of benzene rings is 1. The maximum Gasteiger partial charge on any atom is 0.430 e. The molecule has 1 aromatic carbocycles. The number of hydrogen-bond donors (Lipinski definition) is 2. The fraction of sp³-hybridized carbons (Fsp3) is 0.438. The van der Waals surface area contributed by atoms with E-state index in [2.05, 4.69) is 10.1 Å². The molecule has 2 aliphatic rings. The number of aliphatic carboxylic acids is 1. The maximum absolute atomic E-state index is 12.8. The topological polar surface area (TPSA) is 102 Å². The van der Waals surface area contributed by atoms with Crippen molar-refractivity contribution in [3.63, 3.8) is 0 Å². The highest BCUT2D eigenvalue weighted by Gasteiger charge is 2.48. The molecular formula is C16H18F3NO6S. The lowest BCUT2D eigenvalue weighted by Crippen LogP contribution is -2.40. The molecule has 0 saturated carbocycles. The Morgan fingerprint density at radius 1 is 1.26 bits per heavy atom. The Bertz CT molecular complexity index is 820. The van der Waals surface area contributed by atoms with Gasteiger partial charge in [-0.25, -0.2) is 13.2 Å². The number of halogens is 3. The quantitative estimate of drug-likeness (QED) is 0.763. The number of alkyl halides is 3. The number of carboxylic acid groups (broad SMARTS) is 1. The van der Waals surface area contributed by atoms with E-state index in [0.29, 0.717) is 0 Å². The molecule has 0 aliphatic carbocycles. The molecule has 2 N–H and O–H groups in total. The number of carboxylic acids is 1. The molecular weight excluding hydrogens is 391 g/mol. The third-order valence-electron chi connectivity index (χ3n) is 3.64. The highest BCUT2D eigenvalue weighted by Crippen LogP contribution is 2.38. The largest absolute Gasteiger partial charge is 0.478 e. The second-order valence-electron chi connectivity index (χ2n) is 5.78. The van der Waals surface area contributed by atoms with E-state index in [1.807, 2.05) is 0 Å². The number of fused-ring (bicyclic) bond motifs is 1. The van der Waals surface area contributed by atoms with Crippen molar-refractivity contribution in [3.05, 3.63) is 29.3 Å². The first-order chi connectivity index (χ1) is 12.5. The van der Waals surface area contributed by atoms with E-state index in [0.717, 1.165) is 56.8 Å². The van der Waals surface area contributed by atoms with Crippen molar-refractivity contribution in [2.45, 2.75) is 17.2 Å². The van der Waals surface area contributed by atoms with Gasteiger partial charge < -0.3 is 19.9 Å². The molecule has 7 nitrogen and oxygen atoms in total. The smallest absolute Gasteiger partial charge is 0.430 e. The van der Waals surface area contributed by atoms with Crippen molar-refractivity contribution < 1.29 is 41.0 Å². The number of ether oxygens (including phenoxy) is 2. The van der Waals surface area contributed by atoms with Crippen LogP contribution in [0.25, 0.3) is 6.08 Å². The van der Waals surface area contributed by atoms with Crippen LogP contribution in [0.15, 0.2) is 28.7 Å². The van der Waals surface area contributed by atoms with Gasteiger partial charge in [-0.1, -0.05) is 0 Å². The highest BCUT2D eigenvalue weighted by atomic mass is 32.2. The van der Waals surface area contributed by atoms with Gasteiger partial charge in [0.15, 0.2) is 9.84 Å². The molecule has 1 atom stereocenters.